The van der Waals surface area contributed by atoms with Gasteiger partial charge in [0.2, 0.25) is 0 Å². The van der Waals surface area contributed by atoms with Crippen molar-refractivity contribution in [3.63, 3.8) is 0 Å². The number of nitrogens with zero attached hydrogens (tertiary/aromatic N) is 4. The molecular formula is C23H23ClN4. The van der Waals surface area contributed by atoms with Crippen LogP contribution in [0.25, 0.3) is 10.9 Å². The van der Waals surface area contributed by atoms with Crippen molar-refractivity contribution in [1.29, 1.82) is 0 Å². The van der Waals surface area contributed by atoms with E-state index in [1.54, 1.807) is 0 Å². The zero-order chi connectivity index (χ0) is 18.4. The van der Waals surface area contributed by atoms with E-state index < -0.39 is 0 Å². The molecular weight excluding hydrogens is 368 g/mol. The molecule has 142 valence electrons. The first-order valence-corrected chi connectivity index (χ1v) is 9.36. The quantitative estimate of drug-likeness (QED) is 0.775. The first-order chi connectivity index (χ1) is 13.2. The van der Waals surface area contributed by atoms with Crippen LogP contribution < -0.4 is 0 Å². The van der Waals surface area contributed by atoms with Gasteiger partial charge in [-0.1, -0.05) is 42.5 Å². The number of pyridine rings is 1. The van der Waals surface area contributed by atoms with Crippen LogP contribution in [0, 0.1) is 0 Å². The van der Waals surface area contributed by atoms with Gasteiger partial charge in [0.25, 0.3) is 0 Å². The van der Waals surface area contributed by atoms with E-state index in [1.165, 1.54) is 11.0 Å². The molecule has 1 spiro atoms. The highest BCUT2D eigenvalue weighted by molar-refractivity contribution is 5.89. The van der Waals surface area contributed by atoms with Crippen LogP contribution >= 0.6 is 12.4 Å². The third-order valence-corrected chi connectivity index (χ3v) is 5.77. The van der Waals surface area contributed by atoms with Gasteiger partial charge >= 0.3 is 0 Å². The van der Waals surface area contributed by atoms with Crippen LogP contribution in [-0.4, -0.2) is 40.4 Å². The van der Waals surface area contributed by atoms with Gasteiger partial charge in [0, 0.05) is 43.4 Å². The number of fused-ring (bicyclic) bond motifs is 1. The standard InChI is InChI=1S/C23H22N4.ClH/c1-26-16-6-9-18-8-5-11-21-23(18,26)27(2)22(25-21)15-14-19-13-12-17-7-3-4-10-20(17)24-19;/h3-13,16H,14-15H2,1-2H3;1H. The third kappa shape index (κ3) is 2.60. The normalized spacial score (nSPS) is 22.3. The van der Waals surface area contributed by atoms with Crippen molar-refractivity contribution in [1.82, 2.24) is 14.8 Å². The summed E-state index contributed by atoms with van der Waals surface area (Å²) in [6, 6.07) is 12.5. The molecule has 0 saturated carbocycles. The summed E-state index contributed by atoms with van der Waals surface area (Å²) in [4.78, 5) is 14.4. The molecule has 1 atom stereocenters. The van der Waals surface area contributed by atoms with Crippen LogP contribution in [0.15, 0.2) is 89.2 Å². The average molecular weight is 391 g/mol. The summed E-state index contributed by atoms with van der Waals surface area (Å²) in [5.41, 5.74) is 4.20. The van der Waals surface area contributed by atoms with Crippen molar-refractivity contribution >= 4 is 29.1 Å². The molecule has 2 aliphatic heterocycles. The Morgan fingerprint density at radius 2 is 1.82 bits per heavy atom. The van der Waals surface area contributed by atoms with E-state index in [2.05, 4.69) is 90.8 Å². The molecule has 5 heteroatoms. The van der Waals surface area contributed by atoms with E-state index in [0.29, 0.717) is 0 Å². The Balaban J connectivity index is 0.00000192. The second-order valence-electron chi connectivity index (χ2n) is 7.24. The summed E-state index contributed by atoms with van der Waals surface area (Å²) in [7, 11) is 4.27. The minimum atomic E-state index is -0.310. The second-order valence-corrected chi connectivity index (χ2v) is 7.24. The Morgan fingerprint density at radius 1 is 0.964 bits per heavy atom. The van der Waals surface area contributed by atoms with Gasteiger partial charge in [0.15, 0.2) is 5.66 Å². The largest absolute Gasteiger partial charge is 0.349 e. The molecule has 1 aromatic heterocycles. The average Bonchev–Trinajstić information content (AvgIpc) is 2.99. The van der Waals surface area contributed by atoms with Gasteiger partial charge < -0.3 is 9.80 Å². The predicted molar refractivity (Wildman–Crippen MR) is 117 cm³/mol. The summed E-state index contributed by atoms with van der Waals surface area (Å²) in [6.07, 6.45) is 14.6. The molecule has 0 radical (unpaired) electrons. The maximum absolute atomic E-state index is 5.00. The van der Waals surface area contributed by atoms with Crippen molar-refractivity contribution in [2.45, 2.75) is 18.5 Å². The molecule has 3 heterocycles. The van der Waals surface area contributed by atoms with Crippen LogP contribution in [0.1, 0.15) is 12.1 Å². The number of likely N-dealkylation sites (N-methyl/N-ethyl adjacent to an activating group) is 2. The lowest BCUT2D eigenvalue weighted by Crippen LogP contribution is -2.58. The SMILES string of the molecule is CN1C=CC=C2C=CC=C3N=C(CCc4ccc5ccccc5n4)N(C)C231.Cl. The van der Waals surface area contributed by atoms with E-state index in [0.717, 1.165) is 35.6 Å². The minimum absolute atomic E-state index is 0. The van der Waals surface area contributed by atoms with Gasteiger partial charge in [-0.05, 0) is 30.7 Å². The maximum Gasteiger partial charge on any atom is 0.183 e. The number of aryl methyl sites for hydroxylation is 1. The molecule has 4 nitrogen and oxygen atoms in total. The molecule has 0 bridgehead atoms. The molecule has 0 N–H and O–H groups in total. The number of aliphatic imine (C=N–C) groups is 1. The highest BCUT2D eigenvalue weighted by Crippen LogP contribution is 2.45. The Labute approximate surface area is 171 Å². The molecule has 1 unspecified atom stereocenters. The number of allylic oxidation sites excluding steroid dienone is 4. The number of hydrogen-bond acceptors (Lipinski definition) is 4. The number of para-hydroxylation sites is 1. The summed E-state index contributed by atoms with van der Waals surface area (Å²) in [5.74, 6) is 1.10. The van der Waals surface area contributed by atoms with Crippen molar-refractivity contribution in [2.75, 3.05) is 14.1 Å². The fourth-order valence-corrected chi connectivity index (χ4v) is 4.39. The number of halogens is 1. The van der Waals surface area contributed by atoms with Gasteiger partial charge in [0.05, 0.1) is 11.2 Å². The number of benzene rings is 1. The van der Waals surface area contributed by atoms with Gasteiger partial charge in [-0.15, -0.1) is 12.4 Å². The highest BCUT2D eigenvalue weighted by Gasteiger charge is 2.51. The number of rotatable bonds is 3. The first-order valence-electron chi connectivity index (χ1n) is 9.36. The van der Waals surface area contributed by atoms with Gasteiger partial charge in [-0.25, -0.2) is 4.99 Å². The summed E-state index contributed by atoms with van der Waals surface area (Å²) < 4.78 is 0. The molecule has 0 fully saturated rings. The van der Waals surface area contributed by atoms with Crippen molar-refractivity contribution < 1.29 is 0 Å². The van der Waals surface area contributed by atoms with Crippen molar-refractivity contribution in [3.8, 4) is 0 Å². The molecule has 5 rings (SSSR count). The molecule has 1 aliphatic carbocycles. The molecule has 2 aromatic rings. The minimum Gasteiger partial charge on any atom is -0.349 e. The smallest absolute Gasteiger partial charge is 0.183 e. The van der Waals surface area contributed by atoms with Crippen molar-refractivity contribution in [2.24, 2.45) is 4.99 Å². The predicted octanol–water partition coefficient (Wildman–Crippen LogP) is 4.47. The van der Waals surface area contributed by atoms with Gasteiger partial charge in [-0.3, -0.25) is 4.98 Å². The Morgan fingerprint density at radius 3 is 2.71 bits per heavy atom. The Kier molecular flexibility index (Phi) is 4.60. The van der Waals surface area contributed by atoms with Crippen LogP contribution in [0.2, 0.25) is 0 Å². The second kappa shape index (κ2) is 6.95. The molecule has 0 saturated heterocycles. The van der Waals surface area contributed by atoms with Crippen molar-refractivity contribution in [3.05, 3.63) is 89.9 Å². The molecule has 28 heavy (non-hydrogen) atoms. The monoisotopic (exact) mass is 390 g/mol. The molecule has 3 aliphatic rings. The number of amidine groups is 1. The van der Waals surface area contributed by atoms with Gasteiger partial charge in [-0.2, -0.15) is 0 Å². The third-order valence-electron chi connectivity index (χ3n) is 5.77. The van der Waals surface area contributed by atoms with E-state index in [1.807, 2.05) is 6.07 Å². The summed E-state index contributed by atoms with van der Waals surface area (Å²) in [6.45, 7) is 0. The van der Waals surface area contributed by atoms with Crippen LogP contribution in [0.5, 0.6) is 0 Å². The lowest BCUT2D eigenvalue weighted by Gasteiger charge is -2.48. The zero-order valence-electron chi connectivity index (χ0n) is 16.0. The molecule has 0 amide bonds. The lowest BCUT2D eigenvalue weighted by molar-refractivity contribution is 0.138. The van der Waals surface area contributed by atoms with Crippen LogP contribution in [0.3, 0.4) is 0 Å². The zero-order valence-corrected chi connectivity index (χ0v) is 16.9. The Hall–Kier alpha value is -2.85. The highest BCUT2D eigenvalue weighted by atomic mass is 35.5. The number of aromatic nitrogens is 1. The Bertz CT molecular complexity index is 1080. The topological polar surface area (TPSA) is 31.7 Å². The lowest BCUT2D eigenvalue weighted by atomic mass is 9.87. The number of hydrogen-bond donors (Lipinski definition) is 0. The summed E-state index contributed by atoms with van der Waals surface area (Å²) >= 11 is 0. The van der Waals surface area contributed by atoms with Gasteiger partial charge in [0.1, 0.15) is 5.84 Å². The summed E-state index contributed by atoms with van der Waals surface area (Å²) in [5, 5.41) is 1.18. The molecule has 1 aromatic carbocycles. The maximum atomic E-state index is 5.00. The fourth-order valence-electron chi connectivity index (χ4n) is 4.39. The van der Waals surface area contributed by atoms with E-state index in [4.69, 9.17) is 9.98 Å². The van der Waals surface area contributed by atoms with E-state index in [-0.39, 0.29) is 18.1 Å². The van der Waals surface area contributed by atoms with E-state index >= 15 is 0 Å². The fraction of sp³-hybridized carbons (Fsp3) is 0.217. The van der Waals surface area contributed by atoms with Crippen LogP contribution in [-0.2, 0) is 6.42 Å². The first kappa shape index (κ1) is 18.5. The van der Waals surface area contributed by atoms with Crippen LogP contribution in [0.4, 0.5) is 0 Å². The van der Waals surface area contributed by atoms with E-state index in [9.17, 15) is 0 Å².